The second-order valence-corrected chi connectivity index (χ2v) is 7.43. The van der Waals surface area contributed by atoms with Gasteiger partial charge in [-0.05, 0) is 37.5 Å². The molecule has 0 fully saturated rings. The second kappa shape index (κ2) is 10.0. The zero-order chi connectivity index (χ0) is 20.7. The van der Waals surface area contributed by atoms with E-state index in [1.807, 2.05) is 49.1 Å². The molecule has 0 aliphatic carbocycles. The largest absolute Gasteiger partial charge is 0.493 e. The molecule has 0 heterocycles. The lowest BCUT2D eigenvalue weighted by molar-refractivity contribution is 0.0681. The Hall–Kier alpha value is -2.69. The zero-order valence-corrected chi connectivity index (χ0v) is 17.7. The number of carbonyl (C=O) groups is 1. The zero-order valence-electron chi connectivity index (χ0n) is 17.7. The van der Waals surface area contributed by atoms with Crippen molar-refractivity contribution < 1.29 is 19.0 Å². The molecule has 0 bridgehead atoms. The van der Waals surface area contributed by atoms with Crippen LogP contribution >= 0.6 is 0 Å². The normalized spacial score (nSPS) is 10.9. The van der Waals surface area contributed by atoms with Gasteiger partial charge >= 0.3 is 0 Å². The van der Waals surface area contributed by atoms with Crippen LogP contribution in [0.3, 0.4) is 0 Å². The van der Waals surface area contributed by atoms with Crippen molar-refractivity contribution in [1.29, 1.82) is 0 Å². The van der Waals surface area contributed by atoms with Gasteiger partial charge in [0.15, 0.2) is 11.5 Å². The second-order valence-electron chi connectivity index (χ2n) is 7.43. The highest BCUT2D eigenvalue weighted by Gasteiger charge is 2.23. The monoisotopic (exact) mass is 385 g/mol. The maximum atomic E-state index is 13.1. The summed E-state index contributed by atoms with van der Waals surface area (Å²) in [7, 11) is 3.12. The molecule has 0 unspecified atom stereocenters. The predicted octanol–water partition coefficient (Wildman–Crippen LogP) is 4.79. The van der Waals surface area contributed by atoms with Crippen molar-refractivity contribution in [3.8, 4) is 17.2 Å². The number of nitrogens with zero attached hydrogens (tertiary/aromatic N) is 1. The SMILES string of the molecule is COc1cc(C(=O)N(CC(C)C)C(C)C)cc(OC)c1OCc1ccccc1. The lowest BCUT2D eigenvalue weighted by atomic mass is 10.1. The third-order valence-electron chi connectivity index (χ3n) is 4.38. The highest BCUT2D eigenvalue weighted by Crippen LogP contribution is 2.39. The van der Waals surface area contributed by atoms with Crippen molar-refractivity contribution in [3.05, 3.63) is 53.6 Å². The Morgan fingerprint density at radius 1 is 0.964 bits per heavy atom. The van der Waals surface area contributed by atoms with Gasteiger partial charge in [0.25, 0.3) is 5.91 Å². The maximum Gasteiger partial charge on any atom is 0.254 e. The van der Waals surface area contributed by atoms with Gasteiger partial charge in [-0.15, -0.1) is 0 Å². The molecule has 28 heavy (non-hydrogen) atoms. The average Bonchev–Trinajstić information content (AvgIpc) is 2.69. The minimum Gasteiger partial charge on any atom is -0.493 e. The first-order valence-corrected chi connectivity index (χ1v) is 9.61. The molecule has 0 saturated heterocycles. The molecular formula is C23H31NO4. The maximum absolute atomic E-state index is 13.1. The molecule has 0 saturated carbocycles. The minimum atomic E-state index is -0.0464. The summed E-state index contributed by atoms with van der Waals surface area (Å²) >= 11 is 0. The van der Waals surface area contributed by atoms with Crippen LogP contribution in [0.15, 0.2) is 42.5 Å². The van der Waals surface area contributed by atoms with Gasteiger partial charge < -0.3 is 19.1 Å². The number of methoxy groups -OCH3 is 2. The van der Waals surface area contributed by atoms with E-state index >= 15 is 0 Å². The summed E-state index contributed by atoms with van der Waals surface area (Å²) in [6.07, 6.45) is 0. The minimum absolute atomic E-state index is 0.0464. The fourth-order valence-electron chi connectivity index (χ4n) is 2.96. The molecule has 0 spiro atoms. The van der Waals surface area contributed by atoms with E-state index in [4.69, 9.17) is 14.2 Å². The number of rotatable bonds is 9. The number of benzene rings is 2. The fraction of sp³-hybridized carbons (Fsp3) is 0.435. The van der Waals surface area contributed by atoms with Crippen molar-refractivity contribution in [2.45, 2.75) is 40.3 Å². The smallest absolute Gasteiger partial charge is 0.254 e. The van der Waals surface area contributed by atoms with Gasteiger partial charge in [-0.25, -0.2) is 0 Å². The molecule has 152 valence electrons. The van der Waals surface area contributed by atoms with Gasteiger partial charge in [-0.1, -0.05) is 44.2 Å². The van der Waals surface area contributed by atoms with Gasteiger partial charge in [0.1, 0.15) is 6.61 Å². The Labute approximate surface area is 168 Å². The summed E-state index contributed by atoms with van der Waals surface area (Å²) in [6.45, 7) is 9.31. The quantitative estimate of drug-likeness (QED) is 0.623. The van der Waals surface area contributed by atoms with Crippen LogP contribution < -0.4 is 14.2 Å². The molecule has 2 aromatic rings. The summed E-state index contributed by atoms with van der Waals surface area (Å²) in [5.41, 5.74) is 1.56. The van der Waals surface area contributed by atoms with Crippen LogP contribution in [0.5, 0.6) is 17.2 Å². The van der Waals surface area contributed by atoms with E-state index in [2.05, 4.69) is 13.8 Å². The standard InChI is InChI=1S/C23H31NO4/c1-16(2)14-24(17(3)4)23(25)19-12-20(26-5)22(21(13-19)27-6)28-15-18-10-8-7-9-11-18/h7-13,16-17H,14-15H2,1-6H3. The van der Waals surface area contributed by atoms with E-state index in [1.165, 1.54) is 0 Å². The first-order valence-electron chi connectivity index (χ1n) is 9.61. The predicted molar refractivity (Wildman–Crippen MR) is 111 cm³/mol. The summed E-state index contributed by atoms with van der Waals surface area (Å²) in [4.78, 5) is 15.0. The van der Waals surface area contributed by atoms with E-state index in [0.717, 1.165) is 5.56 Å². The average molecular weight is 386 g/mol. The number of ether oxygens (including phenoxy) is 3. The molecule has 0 aromatic heterocycles. The number of hydrogen-bond acceptors (Lipinski definition) is 4. The molecule has 0 radical (unpaired) electrons. The molecule has 5 nitrogen and oxygen atoms in total. The third-order valence-corrected chi connectivity index (χ3v) is 4.38. The van der Waals surface area contributed by atoms with Crippen LogP contribution in [-0.2, 0) is 6.61 Å². The van der Waals surface area contributed by atoms with Crippen LogP contribution in [0.2, 0.25) is 0 Å². The van der Waals surface area contributed by atoms with Gasteiger partial charge in [0.05, 0.1) is 14.2 Å². The molecule has 2 aromatic carbocycles. The topological polar surface area (TPSA) is 48.0 Å². The van der Waals surface area contributed by atoms with Crippen molar-refractivity contribution >= 4 is 5.91 Å². The molecular weight excluding hydrogens is 354 g/mol. The van der Waals surface area contributed by atoms with E-state index in [9.17, 15) is 4.79 Å². The molecule has 0 N–H and O–H groups in total. The van der Waals surface area contributed by atoms with Gasteiger partial charge in [0.2, 0.25) is 5.75 Å². The van der Waals surface area contributed by atoms with E-state index in [-0.39, 0.29) is 11.9 Å². The van der Waals surface area contributed by atoms with E-state index in [0.29, 0.717) is 41.9 Å². The molecule has 0 atom stereocenters. The number of amides is 1. The lowest BCUT2D eigenvalue weighted by Gasteiger charge is -2.29. The van der Waals surface area contributed by atoms with Crippen LogP contribution in [-0.4, -0.2) is 37.6 Å². The Morgan fingerprint density at radius 3 is 2.00 bits per heavy atom. The third kappa shape index (κ3) is 5.41. The fourth-order valence-corrected chi connectivity index (χ4v) is 2.96. The Morgan fingerprint density at radius 2 is 1.54 bits per heavy atom. The van der Waals surface area contributed by atoms with E-state index < -0.39 is 0 Å². The van der Waals surface area contributed by atoms with E-state index in [1.54, 1.807) is 26.4 Å². The van der Waals surface area contributed by atoms with Gasteiger partial charge in [-0.3, -0.25) is 4.79 Å². The summed E-state index contributed by atoms with van der Waals surface area (Å²) in [5, 5.41) is 0. The highest BCUT2D eigenvalue weighted by molar-refractivity contribution is 5.95. The van der Waals surface area contributed by atoms with Crippen molar-refractivity contribution in [3.63, 3.8) is 0 Å². The van der Waals surface area contributed by atoms with Crippen LogP contribution in [0.4, 0.5) is 0 Å². The van der Waals surface area contributed by atoms with Crippen LogP contribution in [0.1, 0.15) is 43.6 Å². The molecule has 2 rings (SSSR count). The Bertz CT molecular complexity index is 746. The molecule has 0 aliphatic heterocycles. The number of hydrogen-bond donors (Lipinski definition) is 0. The van der Waals surface area contributed by atoms with Crippen molar-refractivity contribution in [2.24, 2.45) is 5.92 Å². The lowest BCUT2D eigenvalue weighted by Crippen LogP contribution is -2.39. The van der Waals surface area contributed by atoms with Crippen molar-refractivity contribution in [2.75, 3.05) is 20.8 Å². The van der Waals surface area contributed by atoms with Gasteiger partial charge in [-0.2, -0.15) is 0 Å². The Balaban J connectivity index is 2.34. The molecule has 0 aliphatic rings. The van der Waals surface area contributed by atoms with Crippen molar-refractivity contribution in [1.82, 2.24) is 4.90 Å². The summed E-state index contributed by atoms with van der Waals surface area (Å²) < 4.78 is 17.0. The van der Waals surface area contributed by atoms with Crippen LogP contribution in [0, 0.1) is 5.92 Å². The highest BCUT2D eigenvalue weighted by atomic mass is 16.5. The van der Waals surface area contributed by atoms with Crippen LogP contribution in [0.25, 0.3) is 0 Å². The Kier molecular flexibility index (Phi) is 7.73. The summed E-state index contributed by atoms with van der Waals surface area (Å²) in [5.74, 6) is 1.78. The summed E-state index contributed by atoms with van der Waals surface area (Å²) in [6, 6.07) is 13.4. The van der Waals surface area contributed by atoms with Gasteiger partial charge in [0, 0.05) is 18.2 Å². The molecule has 1 amide bonds. The molecule has 5 heteroatoms. The first-order chi connectivity index (χ1) is 13.4. The first kappa shape index (κ1) is 21.6. The number of carbonyl (C=O) groups excluding carboxylic acids is 1.